The second kappa shape index (κ2) is 4.84. The van der Waals surface area contributed by atoms with Crippen LogP contribution in [0.25, 0.3) is 0 Å². The number of aromatic nitrogens is 1. The molecule has 1 aromatic rings. The van der Waals surface area contributed by atoms with Gasteiger partial charge in [0.2, 0.25) is 0 Å². The number of hydrogen-bond acceptors (Lipinski definition) is 3. The maximum Gasteiger partial charge on any atom is 0.255 e. The summed E-state index contributed by atoms with van der Waals surface area (Å²) in [5.41, 5.74) is 1.62. The van der Waals surface area contributed by atoms with Crippen LogP contribution >= 0.6 is 0 Å². The first kappa shape index (κ1) is 13.6. The number of aliphatic hydroxyl groups is 1. The molecule has 0 saturated carbocycles. The number of rotatable bonds is 3. The van der Waals surface area contributed by atoms with Crippen LogP contribution in [0.1, 0.15) is 35.6 Å². The van der Waals surface area contributed by atoms with E-state index in [2.05, 4.69) is 4.98 Å². The second-order valence-electron chi connectivity index (χ2n) is 4.92. The molecular weight excluding hydrogens is 216 g/mol. The van der Waals surface area contributed by atoms with Crippen molar-refractivity contribution in [2.75, 3.05) is 13.7 Å². The molecule has 0 aliphatic carbocycles. The average Bonchev–Trinajstić information content (AvgIpc) is 2.27. The zero-order chi connectivity index (χ0) is 13.2. The summed E-state index contributed by atoms with van der Waals surface area (Å²) < 4.78 is 0. The van der Waals surface area contributed by atoms with Gasteiger partial charge in [0.25, 0.3) is 5.91 Å². The molecule has 0 atom stereocenters. The first-order valence-electron chi connectivity index (χ1n) is 5.63. The number of aryl methyl sites for hydroxylation is 2. The second-order valence-corrected chi connectivity index (χ2v) is 4.92. The van der Waals surface area contributed by atoms with Gasteiger partial charge in [0.05, 0.1) is 23.4 Å². The molecule has 17 heavy (non-hydrogen) atoms. The zero-order valence-corrected chi connectivity index (χ0v) is 11.1. The zero-order valence-electron chi connectivity index (χ0n) is 11.1. The van der Waals surface area contributed by atoms with Crippen LogP contribution in [0.3, 0.4) is 0 Å². The molecule has 0 aromatic carbocycles. The molecule has 1 aromatic heterocycles. The third kappa shape index (κ3) is 2.82. The molecular formula is C13H20N2O2. The maximum atomic E-state index is 12.3. The van der Waals surface area contributed by atoms with Gasteiger partial charge in [0.1, 0.15) is 0 Å². The van der Waals surface area contributed by atoms with Crippen molar-refractivity contribution in [3.05, 3.63) is 29.1 Å². The van der Waals surface area contributed by atoms with Gasteiger partial charge in [-0.25, -0.2) is 0 Å². The third-order valence-electron chi connectivity index (χ3n) is 3.06. The molecule has 0 saturated heterocycles. The van der Waals surface area contributed by atoms with E-state index in [0.29, 0.717) is 5.56 Å². The normalized spacial score (nSPS) is 11.4. The van der Waals surface area contributed by atoms with Crippen molar-refractivity contribution in [1.29, 1.82) is 0 Å². The van der Waals surface area contributed by atoms with Gasteiger partial charge in [-0.1, -0.05) is 0 Å². The molecule has 4 heteroatoms. The topological polar surface area (TPSA) is 53.4 Å². The number of amides is 1. The van der Waals surface area contributed by atoms with Crippen molar-refractivity contribution in [1.82, 2.24) is 9.88 Å². The molecule has 0 aliphatic heterocycles. The van der Waals surface area contributed by atoms with Gasteiger partial charge < -0.3 is 10.0 Å². The molecule has 0 aliphatic rings. The van der Waals surface area contributed by atoms with Gasteiger partial charge in [-0.2, -0.15) is 0 Å². The smallest absolute Gasteiger partial charge is 0.255 e. The summed E-state index contributed by atoms with van der Waals surface area (Å²) in [7, 11) is 1.69. The van der Waals surface area contributed by atoms with E-state index in [1.807, 2.05) is 33.8 Å². The standard InChI is InChI=1S/C13H20N2O2/c1-9-6-7-11(10(2)14-9)12(17)15(5)13(3,4)8-16/h6-7,16H,8H2,1-5H3. The highest BCUT2D eigenvalue weighted by molar-refractivity contribution is 5.95. The van der Waals surface area contributed by atoms with Gasteiger partial charge in [-0.15, -0.1) is 0 Å². The van der Waals surface area contributed by atoms with Crippen molar-refractivity contribution in [2.24, 2.45) is 0 Å². The first-order valence-corrected chi connectivity index (χ1v) is 5.63. The van der Waals surface area contributed by atoms with Crippen molar-refractivity contribution in [3.8, 4) is 0 Å². The summed E-state index contributed by atoms with van der Waals surface area (Å²) in [6.07, 6.45) is 0. The van der Waals surface area contributed by atoms with E-state index in [1.54, 1.807) is 18.0 Å². The van der Waals surface area contributed by atoms with Crippen LogP contribution < -0.4 is 0 Å². The van der Waals surface area contributed by atoms with E-state index in [9.17, 15) is 9.90 Å². The van der Waals surface area contributed by atoms with Crippen LogP contribution in [0.15, 0.2) is 12.1 Å². The Balaban J connectivity index is 3.05. The number of hydrogen-bond donors (Lipinski definition) is 1. The van der Waals surface area contributed by atoms with Gasteiger partial charge >= 0.3 is 0 Å². The van der Waals surface area contributed by atoms with Crippen LogP contribution in [0, 0.1) is 13.8 Å². The molecule has 1 amide bonds. The number of carbonyl (C=O) groups excluding carboxylic acids is 1. The lowest BCUT2D eigenvalue weighted by atomic mass is 10.0. The first-order chi connectivity index (χ1) is 7.79. The lowest BCUT2D eigenvalue weighted by Crippen LogP contribution is -2.47. The Bertz CT molecular complexity index is 427. The van der Waals surface area contributed by atoms with E-state index in [0.717, 1.165) is 11.4 Å². The van der Waals surface area contributed by atoms with Crippen molar-refractivity contribution in [3.63, 3.8) is 0 Å². The lowest BCUT2D eigenvalue weighted by molar-refractivity contribution is 0.0472. The highest BCUT2D eigenvalue weighted by Gasteiger charge is 2.28. The minimum atomic E-state index is -0.575. The van der Waals surface area contributed by atoms with E-state index < -0.39 is 5.54 Å². The molecule has 0 radical (unpaired) electrons. The minimum Gasteiger partial charge on any atom is -0.394 e. The van der Waals surface area contributed by atoms with Crippen LogP contribution in [-0.4, -0.2) is 40.1 Å². The summed E-state index contributed by atoms with van der Waals surface area (Å²) in [5, 5.41) is 9.26. The minimum absolute atomic E-state index is 0.0758. The summed E-state index contributed by atoms with van der Waals surface area (Å²) in [4.78, 5) is 18.1. The Kier molecular flexibility index (Phi) is 3.88. The third-order valence-corrected chi connectivity index (χ3v) is 3.06. The SMILES string of the molecule is Cc1ccc(C(=O)N(C)C(C)(C)CO)c(C)n1. The van der Waals surface area contributed by atoms with Gasteiger partial charge in [0, 0.05) is 12.7 Å². The monoisotopic (exact) mass is 236 g/mol. The fourth-order valence-corrected chi connectivity index (χ4v) is 1.47. The van der Waals surface area contributed by atoms with Crippen LogP contribution in [-0.2, 0) is 0 Å². The number of nitrogens with zero attached hydrogens (tertiary/aromatic N) is 2. The summed E-state index contributed by atoms with van der Waals surface area (Å²) in [6.45, 7) is 7.28. The quantitative estimate of drug-likeness (QED) is 0.866. The molecule has 1 rings (SSSR count). The molecule has 1 heterocycles. The Morgan fingerprint density at radius 2 is 2.00 bits per heavy atom. The molecule has 4 nitrogen and oxygen atoms in total. The Hall–Kier alpha value is -1.42. The average molecular weight is 236 g/mol. The molecule has 1 N–H and O–H groups in total. The van der Waals surface area contributed by atoms with E-state index in [1.165, 1.54) is 0 Å². The molecule has 0 bridgehead atoms. The fraction of sp³-hybridized carbons (Fsp3) is 0.538. The van der Waals surface area contributed by atoms with Crippen molar-refractivity contribution < 1.29 is 9.90 Å². The van der Waals surface area contributed by atoms with Crippen LogP contribution in [0.4, 0.5) is 0 Å². The van der Waals surface area contributed by atoms with Crippen LogP contribution in [0.5, 0.6) is 0 Å². The Labute approximate surface area is 102 Å². The van der Waals surface area contributed by atoms with Crippen LogP contribution in [0.2, 0.25) is 0 Å². The highest BCUT2D eigenvalue weighted by Crippen LogP contribution is 2.17. The van der Waals surface area contributed by atoms with Crippen molar-refractivity contribution >= 4 is 5.91 Å². The van der Waals surface area contributed by atoms with E-state index in [4.69, 9.17) is 0 Å². The summed E-state index contributed by atoms with van der Waals surface area (Å²) in [5.74, 6) is -0.117. The maximum absolute atomic E-state index is 12.3. The largest absolute Gasteiger partial charge is 0.394 e. The van der Waals surface area contributed by atoms with E-state index >= 15 is 0 Å². The number of carbonyl (C=O) groups is 1. The predicted octanol–water partition coefficient (Wildman–Crippen LogP) is 1.54. The number of likely N-dealkylation sites (N-methyl/N-ethyl adjacent to an activating group) is 1. The molecule has 94 valence electrons. The summed E-state index contributed by atoms with van der Waals surface area (Å²) >= 11 is 0. The molecule has 0 spiro atoms. The van der Waals surface area contributed by atoms with E-state index in [-0.39, 0.29) is 12.5 Å². The summed E-state index contributed by atoms with van der Waals surface area (Å²) in [6, 6.07) is 3.60. The molecule has 0 unspecified atom stereocenters. The number of aliphatic hydroxyl groups excluding tert-OH is 1. The van der Waals surface area contributed by atoms with Gasteiger partial charge in [-0.3, -0.25) is 9.78 Å². The Morgan fingerprint density at radius 3 is 2.47 bits per heavy atom. The van der Waals surface area contributed by atoms with Gasteiger partial charge in [-0.05, 0) is 39.8 Å². The lowest BCUT2D eigenvalue weighted by Gasteiger charge is -2.34. The number of pyridine rings is 1. The highest BCUT2D eigenvalue weighted by atomic mass is 16.3. The fourth-order valence-electron chi connectivity index (χ4n) is 1.47. The van der Waals surface area contributed by atoms with Gasteiger partial charge in [0.15, 0.2) is 0 Å². The Morgan fingerprint density at radius 1 is 1.41 bits per heavy atom. The predicted molar refractivity (Wildman–Crippen MR) is 67.0 cm³/mol. The molecule has 0 fully saturated rings. The van der Waals surface area contributed by atoms with Crippen molar-refractivity contribution in [2.45, 2.75) is 33.2 Å².